The molecule has 8 heteroatoms. The number of hydrogen-bond donors (Lipinski definition) is 0. The van der Waals surface area contributed by atoms with Crippen LogP contribution in [0.2, 0.25) is 0 Å². The number of rotatable bonds is 4. The molecule has 0 aromatic rings. The van der Waals surface area contributed by atoms with Crippen molar-refractivity contribution in [1.82, 2.24) is 19.6 Å². The summed E-state index contributed by atoms with van der Waals surface area (Å²) in [4.78, 5) is 32.9. The van der Waals surface area contributed by atoms with Gasteiger partial charge in [0, 0.05) is 52.4 Å². The molecule has 3 aliphatic heterocycles. The normalized spacial score (nSPS) is 26.7. The summed E-state index contributed by atoms with van der Waals surface area (Å²) in [6.07, 6.45) is 0.126. The van der Waals surface area contributed by atoms with Crippen molar-refractivity contribution in [3.05, 3.63) is 0 Å². The Hall–Kier alpha value is -1.22. The van der Waals surface area contributed by atoms with Crippen LogP contribution in [0.15, 0.2) is 0 Å². The lowest BCUT2D eigenvalue weighted by Crippen LogP contribution is -2.54. The Kier molecular flexibility index (Phi) is 6.63. The van der Waals surface area contributed by atoms with Gasteiger partial charge in [0.1, 0.15) is 0 Å². The second-order valence-corrected chi connectivity index (χ2v) is 7.07. The predicted molar refractivity (Wildman–Crippen MR) is 92.3 cm³/mol. The maximum Gasteiger partial charge on any atom is 0.236 e. The van der Waals surface area contributed by atoms with Crippen LogP contribution in [0.4, 0.5) is 0 Å². The molecular weight excluding hydrogens is 324 g/mol. The Labute approximate surface area is 149 Å². The van der Waals surface area contributed by atoms with Gasteiger partial charge < -0.3 is 19.3 Å². The molecule has 2 amide bonds. The summed E-state index contributed by atoms with van der Waals surface area (Å²) in [6.45, 7) is 11.0. The van der Waals surface area contributed by atoms with Gasteiger partial charge in [-0.15, -0.1) is 0 Å². The maximum atomic E-state index is 12.4. The lowest BCUT2D eigenvalue weighted by molar-refractivity contribution is -0.141. The van der Waals surface area contributed by atoms with E-state index in [9.17, 15) is 9.59 Å². The van der Waals surface area contributed by atoms with E-state index in [2.05, 4.69) is 9.80 Å². The third kappa shape index (κ3) is 5.37. The van der Waals surface area contributed by atoms with Gasteiger partial charge in [-0.05, 0) is 6.92 Å². The van der Waals surface area contributed by atoms with Crippen LogP contribution in [0, 0.1) is 0 Å². The Morgan fingerprint density at radius 3 is 1.88 bits per heavy atom. The van der Waals surface area contributed by atoms with Crippen molar-refractivity contribution < 1.29 is 19.1 Å². The first-order valence-electron chi connectivity index (χ1n) is 9.31. The Morgan fingerprint density at radius 2 is 1.32 bits per heavy atom. The maximum absolute atomic E-state index is 12.4. The molecule has 0 spiro atoms. The van der Waals surface area contributed by atoms with Crippen molar-refractivity contribution in [2.75, 3.05) is 85.3 Å². The standard InChI is InChI=1S/C17H30N4O4/c1-15-12-21(8-11-25-15)17(23)14-19-4-2-18(3-5-19)13-16(22)20-6-9-24-10-7-20/h15H,2-14H2,1H3. The van der Waals surface area contributed by atoms with Crippen molar-refractivity contribution >= 4 is 11.8 Å². The van der Waals surface area contributed by atoms with Crippen molar-refractivity contribution in [3.8, 4) is 0 Å². The minimum absolute atomic E-state index is 0.126. The van der Waals surface area contributed by atoms with Gasteiger partial charge in [-0.1, -0.05) is 0 Å². The summed E-state index contributed by atoms with van der Waals surface area (Å²) in [5.74, 6) is 0.378. The quantitative estimate of drug-likeness (QED) is 0.626. The zero-order chi connectivity index (χ0) is 17.6. The fourth-order valence-electron chi connectivity index (χ4n) is 3.55. The number of carbonyl (C=O) groups excluding carboxylic acids is 2. The molecule has 3 aliphatic rings. The molecule has 1 atom stereocenters. The fourth-order valence-corrected chi connectivity index (χ4v) is 3.55. The van der Waals surface area contributed by atoms with Crippen molar-refractivity contribution in [1.29, 1.82) is 0 Å². The van der Waals surface area contributed by atoms with Gasteiger partial charge in [-0.2, -0.15) is 0 Å². The zero-order valence-corrected chi connectivity index (χ0v) is 15.2. The molecule has 3 heterocycles. The number of ether oxygens (including phenoxy) is 2. The van der Waals surface area contributed by atoms with E-state index >= 15 is 0 Å². The minimum atomic E-state index is 0.126. The number of hydrogen-bond acceptors (Lipinski definition) is 6. The molecule has 142 valence electrons. The molecule has 0 aliphatic carbocycles. The minimum Gasteiger partial charge on any atom is -0.378 e. The van der Waals surface area contributed by atoms with Gasteiger partial charge in [0.25, 0.3) is 0 Å². The third-order valence-electron chi connectivity index (χ3n) is 5.14. The van der Waals surface area contributed by atoms with Crippen molar-refractivity contribution in [2.24, 2.45) is 0 Å². The molecule has 8 nitrogen and oxygen atoms in total. The average Bonchev–Trinajstić information content (AvgIpc) is 2.64. The van der Waals surface area contributed by atoms with Gasteiger partial charge in [0.2, 0.25) is 11.8 Å². The third-order valence-corrected chi connectivity index (χ3v) is 5.14. The summed E-state index contributed by atoms with van der Waals surface area (Å²) < 4.78 is 10.8. The molecule has 0 radical (unpaired) electrons. The molecule has 1 unspecified atom stereocenters. The lowest BCUT2D eigenvalue weighted by Gasteiger charge is -2.37. The molecule has 25 heavy (non-hydrogen) atoms. The number of piperazine rings is 1. The van der Waals surface area contributed by atoms with E-state index < -0.39 is 0 Å². The van der Waals surface area contributed by atoms with E-state index in [-0.39, 0.29) is 17.9 Å². The van der Waals surface area contributed by atoms with E-state index in [1.54, 1.807) is 0 Å². The van der Waals surface area contributed by atoms with Crippen LogP contribution in [0.3, 0.4) is 0 Å². The van der Waals surface area contributed by atoms with Crippen LogP contribution in [0.25, 0.3) is 0 Å². The molecule has 0 bridgehead atoms. The van der Waals surface area contributed by atoms with Gasteiger partial charge in [-0.25, -0.2) is 0 Å². The molecule has 3 fully saturated rings. The SMILES string of the molecule is CC1CN(C(=O)CN2CCN(CC(=O)N3CCOCC3)CC2)CCO1. The highest BCUT2D eigenvalue weighted by Crippen LogP contribution is 2.08. The van der Waals surface area contributed by atoms with Crippen LogP contribution >= 0.6 is 0 Å². The number of amides is 2. The molecular formula is C17H30N4O4. The summed E-state index contributed by atoms with van der Waals surface area (Å²) in [5, 5.41) is 0. The van der Waals surface area contributed by atoms with Crippen molar-refractivity contribution in [3.63, 3.8) is 0 Å². The summed E-state index contributed by atoms with van der Waals surface area (Å²) in [7, 11) is 0. The summed E-state index contributed by atoms with van der Waals surface area (Å²) in [6, 6.07) is 0. The van der Waals surface area contributed by atoms with Crippen molar-refractivity contribution in [2.45, 2.75) is 13.0 Å². The van der Waals surface area contributed by atoms with Gasteiger partial charge in [0.05, 0.1) is 39.0 Å². The van der Waals surface area contributed by atoms with E-state index in [1.165, 1.54) is 0 Å². The predicted octanol–water partition coefficient (Wildman–Crippen LogP) is -1.29. The largest absolute Gasteiger partial charge is 0.378 e. The van der Waals surface area contributed by atoms with E-state index in [4.69, 9.17) is 9.47 Å². The Morgan fingerprint density at radius 1 is 0.800 bits per heavy atom. The van der Waals surface area contributed by atoms with Gasteiger partial charge in [-0.3, -0.25) is 19.4 Å². The molecule has 3 saturated heterocycles. The number of carbonyl (C=O) groups is 2. The first kappa shape index (κ1) is 18.6. The topological polar surface area (TPSA) is 65.6 Å². The van der Waals surface area contributed by atoms with E-state index in [1.807, 2.05) is 16.7 Å². The zero-order valence-electron chi connectivity index (χ0n) is 15.2. The Balaban J connectivity index is 1.36. The lowest BCUT2D eigenvalue weighted by atomic mass is 10.2. The highest BCUT2D eigenvalue weighted by Gasteiger charge is 2.26. The van der Waals surface area contributed by atoms with Crippen LogP contribution in [0.1, 0.15) is 6.92 Å². The van der Waals surface area contributed by atoms with Gasteiger partial charge in [0.15, 0.2) is 0 Å². The second kappa shape index (κ2) is 8.93. The van der Waals surface area contributed by atoms with Crippen LogP contribution in [-0.2, 0) is 19.1 Å². The van der Waals surface area contributed by atoms with Crippen LogP contribution in [0.5, 0.6) is 0 Å². The number of nitrogens with zero attached hydrogens (tertiary/aromatic N) is 4. The van der Waals surface area contributed by atoms with E-state index in [0.717, 1.165) is 26.2 Å². The molecule has 0 aromatic heterocycles. The summed E-state index contributed by atoms with van der Waals surface area (Å²) >= 11 is 0. The molecule has 0 N–H and O–H groups in total. The summed E-state index contributed by atoms with van der Waals surface area (Å²) in [5.41, 5.74) is 0. The molecule has 3 rings (SSSR count). The first-order chi connectivity index (χ1) is 12.1. The second-order valence-electron chi connectivity index (χ2n) is 7.07. The van der Waals surface area contributed by atoms with Crippen LogP contribution < -0.4 is 0 Å². The monoisotopic (exact) mass is 354 g/mol. The highest BCUT2D eigenvalue weighted by molar-refractivity contribution is 5.79. The van der Waals surface area contributed by atoms with Crippen LogP contribution in [-0.4, -0.2) is 123 Å². The number of morpholine rings is 2. The molecule has 0 aromatic carbocycles. The highest BCUT2D eigenvalue weighted by atomic mass is 16.5. The van der Waals surface area contributed by atoms with E-state index in [0.29, 0.717) is 59.1 Å². The first-order valence-corrected chi connectivity index (χ1v) is 9.31. The smallest absolute Gasteiger partial charge is 0.236 e. The average molecular weight is 354 g/mol. The fraction of sp³-hybridized carbons (Fsp3) is 0.882. The molecule has 0 saturated carbocycles. The van der Waals surface area contributed by atoms with Gasteiger partial charge >= 0.3 is 0 Å². The Bertz CT molecular complexity index is 462.